The molecule has 0 saturated heterocycles. The van der Waals surface area contributed by atoms with Crippen LogP contribution in [0.4, 0.5) is 28.4 Å². The number of aliphatic imine (C=N–C) groups is 2. The van der Waals surface area contributed by atoms with Gasteiger partial charge in [-0.15, -0.1) is 0 Å². The van der Waals surface area contributed by atoms with E-state index in [1.54, 1.807) is 12.3 Å². The molecule has 0 radical (unpaired) electrons. The van der Waals surface area contributed by atoms with Gasteiger partial charge in [-0.3, -0.25) is 9.98 Å². The highest BCUT2D eigenvalue weighted by Gasteiger charge is 1.96. The Labute approximate surface area is 184 Å². The van der Waals surface area contributed by atoms with Crippen molar-refractivity contribution in [3.05, 3.63) is 116 Å². The van der Waals surface area contributed by atoms with Crippen LogP contribution in [0.1, 0.15) is 6.92 Å². The van der Waals surface area contributed by atoms with Crippen LogP contribution in [-0.4, -0.2) is 11.9 Å². The summed E-state index contributed by atoms with van der Waals surface area (Å²) in [4.78, 5) is 9.11. The molecule has 0 bridgehead atoms. The van der Waals surface area contributed by atoms with E-state index in [1.807, 2.05) is 110 Å². The Morgan fingerprint density at radius 3 is 2.10 bits per heavy atom. The molecule has 4 heteroatoms. The standard InChI is InChI=1S/C27H26N4/c1-3-4-5-9-20-28-23-12-16-26(17-13-23)30-22(2)21-29-24-14-18-27(19-15-24)31-25-10-7-6-8-11-25/h3-21,28,31H,1H2,2H3/b5-4-,20-9?,29-21-,30-22+. The lowest BCUT2D eigenvalue weighted by Crippen LogP contribution is -1.92. The predicted octanol–water partition coefficient (Wildman–Crippen LogP) is 7.59. The third-order valence-corrected chi connectivity index (χ3v) is 4.21. The SMILES string of the molecule is C=C/C=C\C=CNc1ccc(/N=C(C)/C=N\c2ccc(Nc3ccccc3)cc2)cc1. The minimum absolute atomic E-state index is 0.835. The van der Waals surface area contributed by atoms with Crippen LogP contribution < -0.4 is 10.6 Å². The molecule has 0 aliphatic carbocycles. The molecule has 0 aromatic heterocycles. The van der Waals surface area contributed by atoms with Crippen molar-refractivity contribution in [3.63, 3.8) is 0 Å². The fourth-order valence-corrected chi connectivity index (χ4v) is 2.69. The number of hydrogen-bond acceptors (Lipinski definition) is 4. The first kappa shape index (κ1) is 21.5. The van der Waals surface area contributed by atoms with Gasteiger partial charge in [0, 0.05) is 29.5 Å². The van der Waals surface area contributed by atoms with Crippen LogP contribution in [0.15, 0.2) is 126 Å². The van der Waals surface area contributed by atoms with E-state index >= 15 is 0 Å². The smallest absolute Gasteiger partial charge is 0.0635 e. The predicted molar refractivity (Wildman–Crippen MR) is 136 cm³/mol. The minimum Gasteiger partial charge on any atom is -0.362 e. The Balaban J connectivity index is 1.55. The molecular weight excluding hydrogens is 380 g/mol. The van der Waals surface area contributed by atoms with Crippen LogP contribution >= 0.6 is 0 Å². The van der Waals surface area contributed by atoms with E-state index in [0.717, 1.165) is 34.1 Å². The van der Waals surface area contributed by atoms with Gasteiger partial charge in [0.25, 0.3) is 0 Å². The Hall–Kier alpha value is -4.18. The summed E-state index contributed by atoms with van der Waals surface area (Å²) >= 11 is 0. The average Bonchev–Trinajstić information content (AvgIpc) is 2.80. The zero-order chi connectivity index (χ0) is 21.7. The molecule has 0 saturated carbocycles. The number of allylic oxidation sites excluding steroid dienone is 4. The quantitative estimate of drug-likeness (QED) is 0.284. The Bertz CT molecular complexity index is 1070. The van der Waals surface area contributed by atoms with E-state index in [9.17, 15) is 0 Å². The van der Waals surface area contributed by atoms with Gasteiger partial charge in [-0.25, -0.2) is 0 Å². The Kier molecular flexibility index (Phi) is 8.15. The fourth-order valence-electron chi connectivity index (χ4n) is 2.69. The van der Waals surface area contributed by atoms with Crippen LogP contribution in [0, 0.1) is 0 Å². The van der Waals surface area contributed by atoms with Gasteiger partial charge in [-0.2, -0.15) is 0 Å². The van der Waals surface area contributed by atoms with Crippen molar-refractivity contribution < 1.29 is 0 Å². The summed E-state index contributed by atoms with van der Waals surface area (Å²) in [5.74, 6) is 0. The molecule has 0 spiro atoms. The second kappa shape index (κ2) is 11.7. The molecule has 2 N–H and O–H groups in total. The molecule has 0 amide bonds. The number of hydrogen-bond donors (Lipinski definition) is 2. The molecule has 154 valence electrons. The molecule has 0 aliphatic heterocycles. The van der Waals surface area contributed by atoms with Gasteiger partial charge in [0.2, 0.25) is 0 Å². The van der Waals surface area contributed by atoms with Gasteiger partial charge in [0.1, 0.15) is 0 Å². The van der Waals surface area contributed by atoms with Gasteiger partial charge in [0.15, 0.2) is 0 Å². The van der Waals surface area contributed by atoms with Crippen molar-refractivity contribution in [3.8, 4) is 0 Å². The molecule has 0 heterocycles. The van der Waals surface area contributed by atoms with Crippen LogP contribution in [0.2, 0.25) is 0 Å². The highest BCUT2D eigenvalue weighted by atomic mass is 14.9. The molecule has 3 rings (SSSR count). The molecule has 3 aromatic carbocycles. The number of rotatable bonds is 9. The van der Waals surface area contributed by atoms with E-state index in [4.69, 9.17) is 0 Å². The van der Waals surface area contributed by atoms with Crippen molar-refractivity contribution in [1.82, 2.24) is 0 Å². The maximum atomic E-state index is 4.60. The second-order valence-electron chi connectivity index (χ2n) is 6.72. The fraction of sp³-hybridized carbons (Fsp3) is 0.0370. The minimum atomic E-state index is 0.835. The zero-order valence-corrected chi connectivity index (χ0v) is 17.6. The first-order chi connectivity index (χ1) is 15.2. The topological polar surface area (TPSA) is 48.8 Å². The maximum absolute atomic E-state index is 4.60. The molecule has 0 atom stereocenters. The summed E-state index contributed by atoms with van der Waals surface area (Å²) in [7, 11) is 0. The molecule has 0 unspecified atom stereocenters. The third-order valence-electron chi connectivity index (χ3n) is 4.21. The van der Waals surface area contributed by atoms with Gasteiger partial charge in [-0.1, -0.05) is 43.0 Å². The Morgan fingerprint density at radius 1 is 0.742 bits per heavy atom. The summed E-state index contributed by atoms with van der Waals surface area (Å²) in [6.07, 6.45) is 11.1. The van der Waals surface area contributed by atoms with Gasteiger partial charge < -0.3 is 10.6 Å². The van der Waals surface area contributed by atoms with Gasteiger partial charge in [0.05, 0.1) is 17.1 Å². The number of benzene rings is 3. The Morgan fingerprint density at radius 2 is 1.39 bits per heavy atom. The summed E-state index contributed by atoms with van der Waals surface area (Å²) in [5, 5.41) is 6.57. The first-order valence-corrected chi connectivity index (χ1v) is 10.1. The number of nitrogens with one attached hydrogen (secondary N) is 2. The second-order valence-corrected chi connectivity index (χ2v) is 6.72. The van der Waals surface area contributed by atoms with Gasteiger partial charge >= 0.3 is 0 Å². The highest BCUT2D eigenvalue weighted by Crippen LogP contribution is 2.20. The van der Waals surface area contributed by atoms with Crippen LogP contribution in [0.25, 0.3) is 0 Å². The number of nitrogens with zero attached hydrogens (tertiary/aromatic N) is 2. The molecule has 4 nitrogen and oxygen atoms in total. The molecule has 3 aromatic rings. The average molecular weight is 407 g/mol. The van der Waals surface area contributed by atoms with Crippen molar-refractivity contribution in [1.29, 1.82) is 0 Å². The van der Waals surface area contributed by atoms with Crippen LogP contribution in [0.3, 0.4) is 0 Å². The monoisotopic (exact) mass is 406 g/mol. The third kappa shape index (κ3) is 7.63. The maximum Gasteiger partial charge on any atom is 0.0635 e. The van der Waals surface area contributed by atoms with E-state index in [2.05, 4.69) is 27.2 Å². The normalized spacial score (nSPS) is 12.0. The lowest BCUT2D eigenvalue weighted by molar-refractivity contribution is 1.48. The van der Waals surface area contributed by atoms with Crippen LogP contribution in [-0.2, 0) is 0 Å². The molecule has 0 aliphatic rings. The summed E-state index contributed by atoms with van der Waals surface area (Å²) in [6, 6.07) is 26.0. The largest absolute Gasteiger partial charge is 0.362 e. The van der Waals surface area contributed by atoms with E-state index < -0.39 is 0 Å². The van der Waals surface area contributed by atoms with Crippen molar-refractivity contribution in [2.24, 2.45) is 9.98 Å². The number of anilines is 3. The zero-order valence-electron chi connectivity index (χ0n) is 17.6. The molecular formula is C27H26N4. The van der Waals surface area contributed by atoms with E-state index in [0.29, 0.717) is 0 Å². The lowest BCUT2D eigenvalue weighted by Gasteiger charge is -2.06. The summed E-state index contributed by atoms with van der Waals surface area (Å²) < 4.78 is 0. The molecule has 0 fully saturated rings. The van der Waals surface area contributed by atoms with E-state index in [-0.39, 0.29) is 0 Å². The first-order valence-electron chi connectivity index (χ1n) is 10.1. The van der Waals surface area contributed by atoms with Crippen LogP contribution in [0.5, 0.6) is 0 Å². The lowest BCUT2D eigenvalue weighted by atomic mass is 10.2. The summed E-state index contributed by atoms with van der Waals surface area (Å²) in [5.41, 5.74) is 5.68. The van der Waals surface area contributed by atoms with Crippen molar-refractivity contribution >= 4 is 40.4 Å². The number of para-hydroxylation sites is 1. The molecule has 31 heavy (non-hydrogen) atoms. The van der Waals surface area contributed by atoms with Gasteiger partial charge in [-0.05, 0) is 73.7 Å². The van der Waals surface area contributed by atoms with Crippen molar-refractivity contribution in [2.75, 3.05) is 10.6 Å². The van der Waals surface area contributed by atoms with E-state index in [1.165, 1.54) is 0 Å². The summed E-state index contributed by atoms with van der Waals surface area (Å²) in [6.45, 7) is 5.57. The highest BCUT2D eigenvalue weighted by molar-refractivity contribution is 6.30. The van der Waals surface area contributed by atoms with Crippen molar-refractivity contribution in [2.45, 2.75) is 6.92 Å².